The summed E-state index contributed by atoms with van der Waals surface area (Å²) in [5, 5.41) is 2.56. The molecular weight excluding hydrogens is 450 g/mol. The Morgan fingerprint density at radius 3 is 2.29 bits per heavy atom. The van der Waals surface area contributed by atoms with E-state index in [1.807, 2.05) is 0 Å². The fraction of sp³-hybridized carbons (Fsp3) is 0.111. The van der Waals surface area contributed by atoms with E-state index in [2.05, 4.69) is 5.32 Å². The predicted molar refractivity (Wildman–Crippen MR) is 128 cm³/mol. The molecule has 3 aromatic rings. The Hall–Kier alpha value is -4.72. The van der Waals surface area contributed by atoms with Crippen molar-refractivity contribution in [3.63, 3.8) is 0 Å². The van der Waals surface area contributed by atoms with Crippen molar-refractivity contribution in [1.82, 2.24) is 0 Å². The van der Waals surface area contributed by atoms with Crippen LogP contribution in [0.1, 0.15) is 37.4 Å². The van der Waals surface area contributed by atoms with Crippen LogP contribution in [0.2, 0.25) is 0 Å². The van der Waals surface area contributed by atoms with Gasteiger partial charge in [-0.2, -0.15) is 0 Å². The van der Waals surface area contributed by atoms with Crippen LogP contribution in [-0.4, -0.2) is 44.3 Å². The van der Waals surface area contributed by atoms with Crippen LogP contribution in [-0.2, 0) is 14.3 Å². The normalized spacial score (nSPS) is 12.1. The Morgan fingerprint density at radius 2 is 1.57 bits per heavy atom. The third-order valence-electron chi connectivity index (χ3n) is 5.41. The Labute approximate surface area is 201 Å². The van der Waals surface area contributed by atoms with Crippen molar-refractivity contribution < 1.29 is 33.4 Å². The topological polar surface area (TPSA) is 108 Å². The number of esters is 1. The van der Waals surface area contributed by atoms with Crippen LogP contribution in [0.3, 0.4) is 0 Å². The maximum Gasteiger partial charge on any atom is 0.331 e. The van der Waals surface area contributed by atoms with Gasteiger partial charge in [0.05, 0.1) is 25.5 Å². The molecule has 0 heterocycles. The van der Waals surface area contributed by atoms with Gasteiger partial charge in [-0.15, -0.1) is 0 Å². The van der Waals surface area contributed by atoms with E-state index < -0.39 is 18.5 Å². The molecule has 0 unspecified atom stereocenters. The van der Waals surface area contributed by atoms with E-state index in [0.29, 0.717) is 22.6 Å². The van der Waals surface area contributed by atoms with E-state index in [1.54, 1.807) is 54.6 Å². The number of amides is 1. The van der Waals surface area contributed by atoms with E-state index in [-0.39, 0.29) is 33.9 Å². The standard InChI is InChI=1S/C27H21NO7/c1-33-17-12-10-16(22(14-17)34-2)11-13-24(30)35-15-23(29)28-21-9-5-8-20-25(21)27(32)19-7-4-3-6-18(19)26(20)31/h3-14H,15H2,1-2H3,(H,28,29)/b13-11+. The van der Waals surface area contributed by atoms with Crippen LogP contribution >= 0.6 is 0 Å². The highest BCUT2D eigenvalue weighted by atomic mass is 16.5. The smallest absolute Gasteiger partial charge is 0.331 e. The van der Waals surface area contributed by atoms with E-state index in [9.17, 15) is 19.2 Å². The molecule has 8 heteroatoms. The van der Waals surface area contributed by atoms with Crippen LogP contribution in [0.25, 0.3) is 6.08 Å². The minimum Gasteiger partial charge on any atom is -0.497 e. The first-order valence-electron chi connectivity index (χ1n) is 10.6. The van der Waals surface area contributed by atoms with Crippen molar-refractivity contribution in [3.8, 4) is 11.5 Å². The molecule has 1 N–H and O–H groups in total. The number of rotatable bonds is 7. The maximum atomic E-state index is 13.0. The van der Waals surface area contributed by atoms with Gasteiger partial charge in [-0.25, -0.2) is 4.79 Å². The maximum absolute atomic E-state index is 13.0. The van der Waals surface area contributed by atoms with E-state index >= 15 is 0 Å². The number of fused-ring (bicyclic) bond motifs is 2. The largest absolute Gasteiger partial charge is 0.497 e. The molecule has 0 atom stereocenters. The molecule has 4 rings (SSSR count). The lowest BCUT2D eigenvalue weighted by atomic mass is 9.83. The highest BCUT2D eigenvalue weighted by Crippen LogP contribution is 2.32. The molecule has 1 aliphatic rings. The number of benzene rings is 3. The SMILES string of the molecule is COc1ccc(/C=C/C(=O)OCC(=O)Nc2cccc3c2C(=O)c2ccccc2C3=O)c(OC)c1. The van der Waals surface area contributed by atoms with Crippen LogP contribution in [0.15, 0.2) is 66.7 Å². The molecule has 0 aliphatic heterocycles. The monoisotopic (exact) mass is 471 g/mol. The predicted octanol–water partition coefficient (Wildman–Crippen LogP) is 3.67. The van der Waals surface area contributed by atoms with Gasteiger partial charge in [-0.05, 0) is 24.3 Å². The zero-order chi connectivity index (χ0) is 24.9. The van der Waals surface area contributed by atoms with Crippen molar-refractivity contribution in [2.45, 2.75) is 0 Å². The number of anilines is 1. The van der Waals surface area contributed by atoms with Gasteiger partial charge in [0.25, 0.3) is 5.91 Å². The summed E-state index contributed by atoms with van der Waals surface area (Å²) in [5.41, 5.74) is 1.71. The van der Waals surface area contributed by atoms with E-state index in [4.69, 9.17) is 14.2 Å². The third kappa shape index (κ3) is 4.81. The number of nitrogens with one attached hydrogen (secondary N) is 1. The first-order chi connectivity index (χ1) is 16.9. The van der Waals surface area contributed by atoms with E-state index in [1.165, 1.54) is 32.4 Å². The number of carbonyl (C=O) groups excluding carboxylic acids is 4. The number of hydrogen-bond donors (Lipinski definition) is 1. The molecule has 3 aromatic carbocycles. The lowest BCUT2D eigenvalue weighted by Crippen LogP contribution is -2.25. The van der Waals surface area contributed by atoms with Gasteiger partial charge < -0.3 is 19.5 Å². The summed E-state index contributed by atoms with van der Waals surface area (Å²) in [6.45, 7) is -0.578. The summed E-state index contributed by atoms with van der Waals surface area (Å²) in [6.07, 6.45) is 2.66. The zero-order valence-electron chi connectivity index (χ0n) is 19.0. The fourth-order valence-corrected chi connectivity index (χ4v) is 3.73. The molecule has 0 saturated heterocycles. The van der Waals surface area contributed by atoms with Crippen molar-refractivity contribution in [1.29, 1.82) is 0 Å². The highest BCUT2D eigenvalue weighted by molar-refractivity contribution is 6.30. The minimum absolute atomic E-state index is 0.113. The van der Waals surface area contributed by atoms with Crippen molar-refractivity contribution in [2.75, 3.05) is 26.1 Å². The molecule has 0 saturated carbocycles. The lowest BCUT2D eigenvalue weighted by molar-refractivity contribution is -0.142. The Bertz CT molecular complexity index is 1370. The van der Waals surface area contributed by atoms with Gasteiger partial charge in [-0.3, -0.25) is 14.4 Å². The molecular formula is C27H21NO7. The quantitative estimate of drug-likeness (QED) is 0.324. The number of carbonyl (C=O) groups is 4. The molecule has 35 heavy (non-hydrogen) atoms. The molecule has 1 aliphatic carbocycles. The second kappa shape index (κ2) is 10.0. The lowest BCUT2D eigenvalue weighted by Gasteiger charge is -2.20. The Morgan fingerprint density at radius 1 is 0.857 bits per heavy atom. The molecule has 0 bridgehead atoms. The molecule has 1 amide bonds. The minimum atomic E-state index is -0.742. The molecule has 0 spiro atoms. The molecule has 176 valence electrons. The second-order valence-electron chi connectivity index (χ2n) is 7.53. The van der Waals surface area contributed by atoms with Crippen LogP contribution < -0.4 is 14.8 Å². The van der Waals surface area contributed by atoms with Crippen molar-refractivity contribution in [2.24, 2.45) is 0 Å². The number of methoxy groups -OCH3 is 2. The van der Waals surface area contributed by atoms with Crippen molar-refractivity contribution >= 4 is 35.2 Å². The summed E-state index contributed by atoms with van der Waals surface area (Å²) in [6, 6.07) is 16.3. The summed E-state index contributed by atoms with van der Waals surface area (Å²) in [4.78, 5) is 50.4. The van der Waals surface area contributed by atoms with Crippen LogP contribution in [0.4, 0.5) is 5.69 Å². The van der Waals surface area contributed by atoms with Gasteiger partial charge in [0.1, 0.15) is 11.5 Å². The first kappa shape index (κ1) is 23.4. The summed E-state index contributed by atoms with van der Waals surface area (Å²) >= 11 is 0. The van der Waals surface area contributed by atoms with Crippen molar-refractivity contribution in [3.05, 3.63) is 94.6 Å². The Balaban J connectivity index is 1.42. The van der Waals surface area contributed by atoms with E-state index in [0.717, 1.165) is 0 Å². The van der Waals surface area contributed by atoms with Crippen LogP contribution in [0, 0.1) is 0 Å². The fourth-order valence-electron chi connectivity index (χ4n) is 3.73. The van der Waals surface area contributed by atoms with Gasteiger partial charge in [0.2, 0.25) is 0 Å². The molecule has 0 radical (unpaired) electrons. The molecule has 0 aromatic heterocycles. The highest BCUT2D eigenvalue weighted by Gasteiger charge is 2.31. The number of ketones is 2. The average molecular weight is 471 g/mol. The first-order valence-corrected chi connectivity index (χ1v) is 10.6. The van der Waals surface area contributed by atoms with Gasteiger partial charge >= 0.3 is 5.97 Å². The number of ether oxygens (including phenoxy) is 3. The molecule has 8 nitrogen and oxygen atoms in total. The average Bonchev–Trinajstić information content (AvgIpc) is 2.89. The van der Waals surface area contributed by atoms with Crippen LogP contribution in [0.5, 0.6) is 11.5 Å². The zero-order valence-corrected chi connectivity index (χ0v) is 19.0. The summed E-state index contributed by atoms with van der Waals surface area (Å²) in [7, 11) is 3.03. The van der Waals surface area contributed by atoms with Gasteiger partial charge in [-0.1, -0.05) is 36.4 Å². The summed E-state index contributed by atoms with van der Waals surface area (Å²) in [5.74, 6) is -0.948. The summed E-state index contributed by atoms with van der Waals surface area (Å²) < 4.78 is 15.4. The van der Waals surface area contributed by atoms with Gasteiger partial charge in [0.15, 0.2) is 18.2 Å². The third-order valence-corrected chi connectivity index (χ3v) is 5.41. The van der Waals surface area contributed by atoms with Gasteiger partial charge in [0, 0.05) is 34.4 Å². The Kier molecular flexibility index (Phi) is 6.73. The molecule has 0 fully saturated rings. The number of hydrogen-bond acceptors (Lipinski definition) is 7. The second-order valence-corrected chi connectivity index (χ2v) is 7.53.